The van der Waals surface area contributed by atoms with Gasteiger partial charge in [0.25, 0.3) is 5.91 Å². The van der Waals surface area contributed by atoms with Gasteiger partial charge in [-0.3, -0.25) is 4.79 Å². The Kier molecular flexibility index (Phi) is 8.29. The second-order valence-electron chi connectivity index (χ2n) is 6.19. The first kappa shape index (κ1) is 22.5. The van der Waals surface area contributed by atoms with E-state index >= 15 is 0 Å². The molecule has 156 valence electrons. The molecular weight excluding hydrogens is 399 g/mol. The van der Waals surface area contributed by atoms with Crippen LogP contribution in [-0.4, -0.2) is 40.0 Å². The van der Waals surface area contributed by atoms with E-state index in [9.17, 15) is 22.4 Å². The van der Waals surface area contributed by atoms with E-state index in [0.717, 1.165) is 0 Å². The Morgan fingerprint density at radius 1 is 1.07 bits per heavy atom. The predicted molar refractivity (Wildman–Crippen MR) is 105 cm³/mol. The first-order valence-corrected chi connectivity index (χ1v) is 10.6. The van der Waals surface area contributed by atoms with E-state index in [0.29, 0.717) is 18.4 Å². The lowest BCUT2D eigenvalue weighted by Crippen LogP contribution is -2.30. The molecule has 0 aliphatic heterocycles. The van der Waals surface area contributed by atoms with Gasteiger partial charge in [-0.15, -0.1) is 0 Å². The maximum Gasteiger partial charge on any atom is 0.338 e. The number of benzene rings is 2. The third kappa shape index (κ3) is 6.95. The van der Waals surface area contributed by atoms with Gasteiger partial charge in [0.2, 0.25) is 10.0 Å². The summed E-state index contributed by atoms with van der Waals surface area (Å²) in [5, 5.41) is 2.54. The van der Waals surface area contributed by atoms with Crippen molar-refractivity contribution in [2.24, 2.45) is 0 Å². The van der Waals surface area contributed by atoms with Gasteiger partial charge >= 0.3 is 5.97 Å². The van der Waals surface area contributed by atoms with Gasteiger partial charge in [0.05, 0.1) is 10.5 Å². The molecule has 0 heterocycles. The molecule has 0 radical (unpaired) electrons. The van der Waals surface area contributed by atoms with Crippen LogP contribution in [-0.2, 0) is 26.0 Å². The lowest BCUT2D eigenvalue weighted by atomic mass is 10.1. The molecule has 0 spiro atoms. The number of hydrogen-bond acceptors (Lipinski definition) is 5. The largest absolute Gasteiger partial charge is 0.452 e. The van der Waals surface area contributed by atoms with Crippen LogP contribution in [0.3, 0.4) is 0 Å². The van der Waals surface area contributed by atoms with Gasteiger partial charge in [-0.1, -0.05) is 31.2 Å². The first-order chi connectivity index (χ1) is 13.8. The zero-order chi connectivity index (χ0) is 21.3. The smallest absolute Gasteiger partial charge is 0.338 e. The zero-order valence-electron chi connectivity index (χ0n) is 16.0. The number of nitrogens with one attached hydrogen (secondary N) is 2. The van der Waals surface area contributed by atoms with E-state index in [-0.39, 0.29) is 29.4 Å². The molecule has 0 fully saturated rings. The van der Waals surface area contributed by atoms with Crippen molar-refractivity contribution < 1.29 is 27.1 Å². The van der Waals surface area contributed by atoms with Gasteiger partial charge in [0.1, 0.15) is 5.82 Å². The minimum Gasteiger partial charge on any atom is -0.452 e. The fourth-order valence-electron chi connectivity index (χ4n) is 2.41. The Labute approximate surface area is 169 Å². The number of halogens is 1. The van der Waals surface area contributed by atoms with Crippen LogP contribution in [0.25, 0.3) is 0 Å². The third-order valence-electron chi connectivity index (χ3n) is 3.93. The standard InChI is InChI=1S/C20H23FN2O5S/c1-2-11-23-29(26,27)17-8-5-7-16(13-17)20(25)28-14-19(24)22-12-10-15-6-3-4-9-18(15)21/h3-9,13,23H,2,10-12,14H2,1H3,(H,22,24). The molecule has 0 unspecified atom stereocenters. The number of rotatable bonds is 10. The van der Waals surface area contributed by atoms with E-state index < -0.39 is 28.5 Å². The first-order valence-electron chi connectivity index (χ1n) is 9.10. The van der Waals surface area contributed by atoms with Crippen LogP contribution in [0.5, 0.6) is 0 Å². The number of hydrogen-bond donors (Lipinski definition) is 2. The highest BCUT2D eigenvalue weighted by Gasteiger charge is 2.17. The van der Waals surface area contributed by atoms with Crippen LogP contribution in [0, 0.1) is 5.82 Å². The van der Waals surface area contributed by atoms with Crippen molar-refractivity contribution in [1.29, 1.82) is 0 Å². The van der Waals surface area contributed by atoms with E-state index in [4.69, 9.17) is 4.74 Å². The van der Waals surface area contributed by atoms with Crippen LogP contribution >= 0.6 is 0 Å². The van der Waals surface area contributed by atoms with Crippen molar-refractivity contribution in [3.05, 3.63) is 65.5 Å². The topological polar surface area (TPSA) is 102 Å². The fraction of sp³-hybridized carbons (Fsp3) is 0.300. The van der Waals surface area contributed by atoms with Gasteiger partial charge in [-0.05, 0) is 42.7 Å². The molecule has 0 aromatic heterocycles. The predicted octanol–water partition coefficient (Wildman–Crippen LogP) is 2.03. The SMILES string of the molecule is CCCNS(=O)(=O)c1cccc(C(=O)OCC(=O)NCCc2ccccc2F)c1. The highest BCUT2D eigenvalue weighted by molar-refractivity contribution is 7.89. The number of carbonyl (C=O) groups is 2. The van der Waals surface area contributed by atoms with Crippen LogP contribution in [0.15, 0.2) is 53.4 Å². The molecule has 1 amide bonds. The number of carbonyl (C=O) groups excluding carboxylic acids is 2. The van der Waals surface area contributed by atoms with Gasteiger partial charge < -0.3 is 10.1 Å². The van der Waals surface area contributed by atoms with Gasteiger partial charge in [0.15, 0.2) is 6.61 Å². The zero-order valence-corrected chi connectivity index (χ0v) is 16.8. The third-order valence-corrected chi connectivity index (χ3v) is 5.39. The number of esters is 1. The van der Waals surface area contributed by atoms with Crippen molar-refractivity contribution in [1.82, 2.24) is 10.0 Å². The monoisotopic (exact) mass is 422 g/mol. The average Bonchev–Trinajstić information content (AvgIpc) is 2.72. The van der Waals surface area contributed by atoms with Gasteiger partial charge in [-0.25, -0.2) is 22.3 Å². The molecule has 9 heteroatoms. The normalized spacial score (nSPS) is 11.1. The maximum atomic E-state index is 13.5. The van der Waals surface area contributed by atoms with Crippen molar-refractivity contribution in [2.45, 2.75) is 24.7 Å². The number of amides is 1. The molecule has 2 aromatic carbocycles. The number of sulfonamides is 1. The Morgan fingerprint density at radius 3 is 2.55 bits per heavy atom. The summed E-state index contributed by atoms with van der Waals surface area (Å²) in [6, 6.07) is 11.6. The summed E-state index contributed by atoms with van der Waals surface area (Å²) >= 11 is 0. The highest BCUT2D eigenvalue weighted by Crippen LogP contribution is 2.12. The van der Waals surface area contributed by atoms with Crippen LogP contribution in [0.4, 0.5) is 4.39 Å². The number of ether oxygens (including phenoxy) is 1. The second kappa shape index (κ2) is 10.7. The minimum absolute atomic E-state index is 0.0172. The molecule has 0 saturated carbocycles. The van der Waals surface area contributed by atoms with E-state index in [1.807, 2.05) is 6.92 Å². The summed E-state index contributed by atoms with van der Waals surface area (Å²) in [6.45, 7) is 1.77. The molecule has 0 aliphatic carbocycles. The molecule has 2 N–H and O–H groups in total. The molecule has 2 aromatic rings. The fourth-order valence-corrected chi connectivity index (χ4v) is 3.59. The molecule has 2 rings (SSSR count). The molecular formula is C20H23FN2O5S. The average molecular weight is 422 g/mol. The minimum atomic E-state index is -3.72. The van der Waals surface area contributed by atoms with Crippen LogP contribution < -0.4 is 10.0 Å². The second-order valence-corrected chi connectivity index (χ2v) is 7.96. The molecule has 0 aliphatic rings. The van der Waals surface area contributed by atoms with Crippen molar-refractivity contribution in [3.8, 4) is 0 Å². The summed E-state index contributed by atoms with van der Waals surface area (Å²) in [5.74, 6) is -1.71. The molecule has 29 heavy (non-hydrogen) atoms. The molecule has 0 saturated heterocycles. The summed E-state index contributed by atoms with van der Waals surface area (Å²) in [6.07, 6.45) is 0.935. The Bertz CT molecular complexity index is 963. The van der Waals surface area contributed by atoms with Gasteiger partial charge in [-0.2, -0.15) is 0 Å². The van der Waals surface area contributed by atoms with E-state index in [1.54, 1.807) is 18.2 Å². The van der Waals surface area contributed by atoms with Crippen LogP contribution in [0.1, 0.15) is 29.3 Å². The lowest BCUT2D eigenvalue weighted by Gasteiger charge is -2.09. The Morgan fingerprint density at radius 2 is 1.83 bits per heavy atom. The van der Waals surface area contributed by atoms with Gasteiger partial charge in [0, 0.05) is 13.1 Å². The molecule has 7 nitrogen and oxygen atoms in total. The van der Waals surface area contributed by atoms with E-state index in [1.165, 1.54) is 30.3 Å². The quantitative estimate of drug-likeness (QED) is 0.571. The van der Waals surface area contributed by atoms with Crippen molar-refractivity contribution in [3.63, 3.8) is 0 Å². The van der Waals surface area contributed by atoms with Crippen molar-refractivity contribution >= 4 is 21.9 Å². The Balaban J connectivity index is 1.85. The summed E-state index contributed by atoms with van der Waals surface area (Å²) in [7, 11) is -3.72. The highest BCUT2D eigenvalue weighted by atomic mass is 32.2. The molecule has 0 atom stereocenters. The maximum absolute atomic E-state index is 13.5. The summed E-state index contributed by atoms with van der Waals surface area (Å²) in [4.78, 5) is 23.9. The van der Waals surface area contributed by atoms with Crippen LogP contribution in [0.2, 0.25) is 0 Å². The summed E-state index contributed by atoms with van der Waals surface area (Å²) < 4.78 is 45.1. The summed E-state index contributed by atoms with van der Waals surface area (Å²) in [5.41, 5.74) is 0.489. The van der Waals surface area contributed by atoms with Crippen molar-refractivity contribution in [2.75, 3.05) is 19.7 Å². The van der Waals surface area contributed by atoms with E-state index in [2.05, 4.69) is 10.0 Å². The Hall–Kier alpha value is -2.78. The lowest BCUT2D eigenvalue weighted by molar-refractivity contribution is -0.124. The molecule has 0 bridgehead atoms.